The van der Waals surface area contributed by atoms with Gasteiger partial charge in [0.1, 0.15) is 12.3 Å². The Morgan fingerprint density at radius 1 is 1.29 bits per heavy atom. The molecule has 0 saturated carbocycles. The second-order valence-electron chi connectivity index (χ2n) is 5.19. The number of para-hydroxylation sites is 2. The van der Waals surface area contributed by atoms with Gasteiger partial charge in [0.25, 0.3) is 5.91 Å². The first kappa shape index (κ1) is 13.5. The first-order chi connectivity index (χ1) is 10.1. The van der Waals surface area contributed by atoms with Crippen LogP contribution < -0.4 is 9.47 Å². The zero-order valence-electron chi connectivity index (χ0n) is 12.2. The maximum atomic E-state index is 12.4. The fourth-order valence-corrected chi connectivity index (χ4v) is 2.42. The maximum Gasteiger partial charge on any atom is 0.270 e. The van der Waals surface area contributed by atoms with Crippen LogP contribution in [0.15, 0.2) is 42.6 Å². The van der Waals surface area contributed by atoms with Crippen molar-refractivity contribution >= 4 is 5.91 Å². The fraction of sp³-hybridized carbons (Fsp3) is 0.312. The van der Waals surface area contributed by atoms with Gasteiger partial charge in [-0.25, -0.2) is 0 Å². The van der Waals surface area contributed by atoms with Gasteiger partial charge >= 0.3 is 0 Å². The van der Waals surface area contributed by atoms with Gasteiger partial charge in [0.15, 0.2) is 17.6 Å². The summed E-state index contributed by atoms with van der Waals surface area (Å²) in [5.74, 6) is 1.46. The number of rotatable bonds is 3. The molecule has 1 aliphatic rings. The normalized spacial score (nSPS) is 16.6. The molecule has 0 fully saturated rings. The molecular weight excluding hydrogens is 268 g/mol. The number of likely N-dealkylation sites (N-methyl/N-ethyl adjacent to an activating group) is 1. The third-order valence-electron chi connectivity index (χ3n) is 3.55. The number of benzene rings is 1. The highest BCUT2D eigenvalue weighted by Crippen LogP contribution is 2.30. The molecule has 110 valence electrons. The molecule has 0 aliphatic carbocycles. The number of carbonyl (C=O) groups excluding carboxylic acids is 1. The van der Waals surface area contributed by atoms with Gasteiger partial charge in [-0.3, -0.25) is 4.79 Å². The van der Waals surface area contributed by atoms with E-state index < -0.39 is 0 Å². The number of amides is 1. The summed E-state index contributed by atoms with van der Waals surface area (Å²) in [4.78, 5) is 14.0. The molecule has 0 radical (unpaired) electrons. The zero-order chi connectivity index (χ0) is 14.8. The van der Waals surface area contributed by atoms with Gasteiger partial charge in [-0.05, 0) is 24.3 Å². The van der Waals surface area contributed by atoms with Crippen molar-refractivity contribution in [1.29, 1.82) is 0 Å². The van der Waals surface area contributed by atoms with E-state index in [-0.39, 0.29) is 12.0 Å². The number of aryl methyl sites for hydroxylation is 1. The molecule has 5 nitrogen and oxygen atoms in total. The average Bonchev–Trinajstić information content (AvgIpc) is 2.92. The van der Waals surface area contributed by atoms with Crippen LogP contribution in [0.1, 0.15) is 10.5 Å². The molecule has 3 rings (SSSR count). The van der Waals surface area contributed by atoms with Crippen LogP contribution in [0.5, 0.6) is 11.5 Å². The Labute approximate surface area is 123 Å². The van der Waals surface area contributed by atoms with E-state index in [9.17, 15) is 4.79 Å². The second kappa shape index (κ2) is 5.52. The van der Waals surface area contributed by atoms with E-state index in [4.69, 9.17) is 9.47 Å². The lowest BCUT2D eigenvalue weighted by Crippen LogP contribution is -2.42. The SMILES string of the molecule is CN(CC1COc2ccccc2O1)C(=O)c1cccn1C. The fourth-order valence-electron chi connectivity index (χ4n) is 2.42. The summed E-state index contributed by atoms with van der Waals surface area (Å²) in [5, 5.41) is 0. The smallest absolute Gasteiger partial charge is 0.270 e. The lowest BCUT2D eigenvalue weighted by molar-refractivity contribution is 0.0515. The third kappa shape index (κ3) is 2.72. The van der Waals surface area contributed by atoms with Crippen molar-refractivity contribution in [3.05, 3.63) is 48.3 Å². The van der Waals surface area contributed by atoms with Crippen LogP contribution in [0.2, 0.25) is 0 Å². The number of hydrogen-bond donors (Lipinski definition) is 0. The van der Waals surface area contributed by atoms with Gasteiger partial charge in [-0.1, -0.05) is 12.1 Å². The Hall–Kier alpha value is -2.43. The Kier molecular flexibility index (Phi) is 3.56. The number of nitrogens with zero attached hydrogens (tertiary/aromatic N) is 2. The Balaban J connectivity index is 1.65. The average molecular weight is 286 g/mol. The second-order valence-corrected chi connectivity index (χ2v) is 5.19. The summed E-state index contributed by atoms with van der Waals surface area (Å²) < 4.78 is 13.3. The molecule has 0 bridgehead atoms. The van der Waals surface area contributed by atoms with Crippen LogP contribution in [0.25, 0.3) is 0 Å². The number of carbonyl (C=O) groups is 1. The molecule has 21 heavy (non-hydrogen) atoms. The van der Waals surface area contributed by atoms with Gasteiger partial charge in [0.2, 0.25) is 0 Å². The molecule has 2 heterocycles. The first-order valence-corrected chi connectivity index (χ1v) is 6.90. The third-order valence-corrected chi connectivity index (χ3v) is 3.55. The quantitative estimate of drug-likeness (QED) is 0.866. The Bertz CT molecular complexity index is 650. The number of aromatic nitrogens is 1. The van der Waals surface area contributed by atoms with Crippen molar-refractivity contribution in [3.63, 3.8) is 0 Å². The highest BCUT2D eigenvalue weighted by Gasteiger charge is 2.24. The molecule has 0 N–H and O–H groups in total. The van der Waals surface area contributed by atoms with Crippen LogP contribution in [0.3, 0.4) is 0 Å². The molecular formula is C16H18N2O3. The van der Waals surface area contributed by atoms with E-state index in [1.165, 1.54) is 0 Å². The van der Waals surface area contributed by atoms with Crippen LogP contribution in [-0.4, -0.2) is 41.7 Å². The predicted octanol–water partition coefficient (Wildman–Crippen LogP) is 1.94. The van der Waals surface area contributed by atoms with E-state index in [1.54, 1.807) is 11.9 Å². The largest absolute Gasteiger partial charge is 0.486 e. The van der Waals surface area contributed by atoms with E-state index in [0.29, 0.717) is 18.8 Å². The van der Waals surface area contributed by atoms with Crippen LogP contribution in [-0.2, 0) is 7.05 Å². The molecule has 1 unspecified atom stereocenters. The number of hydrogen-bond acceptors (Lipinski definition) is 3. The molecule has 0 saturated heterocycles. The minimum Gasteiger partial charge on any atom is -0.486 e. The summed E-state index contributed by atoms with van der Waals surface area (Å²) in [7, 11) is 3.64. The predicted molar refractivity (Wildman–Crippen MR) is 78.7 cm³/mol. The van der Waals surface area contributed by atoms with Crippen LogP contribution in [0, 0.1) is 0 Å². The lowest BCUT2D eigenvalue weighted by Gasteiger charge is -2.29. The Morgan fingerprint density at radius 3 is 2.76 bits per heavy atom. The van der Waals surface area contributed by atoms with Gasteiger partial charge < -0.3 is 18.9 Å². The van der Waals surface area contributed by atoms with E-state index in [1.807, 2.05) is 54.2 Å². The maximum absolute atomic E-state index is 12.4. The van der Waals surface area contributed by atoms with Crippen LogP contribution >= 0.6 is 0 Å². The molecule has 5 heteroatoms. The summed E-state index contributed by atoms with van der Waals surface area (Å²) in [6.07, 6.45) is 1.70. The topological polar surface area (TPSA) is 43.7 Å². The summed E-state index contributed by atoms with van der Waals surface area (Å²) in [6.45, 7) is 0.931. The summed E-state index contributed by atoms with van der Waals surface area (Å²) >= 11 is 0. The molecule has 1 aliphatic heterocycles. The summed E-state index contributed by atoms with van der Waals surface area (Å²) in [6, 6.07) is 11.2. The van der Waals surface area contributed by atoms with Gasteiger partial charge in [0, 0.05) is 20.3 Å². The zero-order valence-corrected chi connectivity index (χ0v) is 12.2. The van der Waals surface area contributed by atoms with Crippen molar-refractivity contribution in [2.75, 3.05) is 20.2 Å². The molecule has 0 spiro atoms. The van der Waals surface area contributed by atoms with Gasteiger partial charge in [0.05, 0.1) is 6.54 Å². The molecule has 2 aromatic rings. The first-order valence-electron chi connectivity index (χ1n) is 6.90. The number of ether oxygens (including phenoxy) is 2. The molecule has 1 atom stereocenters. The van der Waals surface area contributed by atoms with Crippen LogP contribution in [0.4, 0.5) is 0 Å². The minimum absolute atomic E-state index is 0.0232. The van der Waals surface area contributed by atoms with Crippen molar-refractivity contribution in [1.82, 2.24) is 9.47 Å². The van der Waals surface area contributed by atoms with Crippen molar-refractivity contribution < 1.29 is 14.3 Å². The number of fused-ring (bicyclic) bond motifs is 1. The molecule has 1 aromatic heterocycles. The lowest BCUT2D eigenvalue weighted by atomic mass is 10.2. The van der Waals surface area contributed by atoms with E-state index in [2.05, 4.69) is 0 Å². The summed E-state index contributed by atoms with van der Waals surface area (Å²) in [5.41, 5.74) is 0.662. The van der Waals surface area contributed by atoms with Gasteiger partial charge in [-0.2, -0.15) is 0 Å². The van der Waals surface area contributed by atoms with Crippen molar-refractivity contribution in [2.45, 2.75) is 6.10 Å². The highest BCUT2D eigenvalue weighted by atomic mass is 16.6. The standard InChI is InChI=1S/C16H18N2O3/c1-17-9-5-6-13(17)16(19)18(2)10-12-11-20-14-7-3-4-8-15(14)21-12/h3-9,12H,10-11H2,1-2H3. The molecule has 1 amide bonds. The van der Waals surface area contributed by atoms with Crippen molar-refractivity contribution in [2.24, 2.45) is 7.05 Å². The molecule has 1 aromatic carbocycles. The monoisotopic (exact) mass is 286 g/mol. The Morgan fingerprint density at radius 2 is 2.05 bits per heavy atom. The van der Waals surface area contributed by atoms with E-state index in [0.717, 1.165) is 11.5 Å². The van der Waals surface area contributed by atoms with Gasteiger partial charge in [-0.15, -0.1) is 0 Å². The minimum atomic E-state index is -0.158. The highest BCUT2D eigenvalue weighted by molar-refractivity contribution is 5.92. The van der Waals surface area contributed by atoms with Crippen molar-refractivity contribution in [3.8, 4) is 11.5 Å². The van der Waals surface area contributed by atoms with E-state index >= 15 is 0 Å².